The number of hydrogen-bond acceptors (Lipinski definition) is 3. The second kappa shape index (κ2) is 7.39. The fourth-order valence-electron chi connectivity index (χ4n) is 2.69. The van der Waals surface area contributed by atoms with E-state index >= 15 is 0 Å². The average molecular weight is 275 g/mol. The second-order valence-electron chi connectivity index (χ2n) is 5.74. The molecule has 1 amide bonds. The van der Waals surface area contributed by atoms with Gasteiger partial charge in [0.05, 0.1) is 0 Å². The van der Waals surface area contributed by atoms with Crippen LogP contribution in [-0.2, 0) is 11.2 Å². The Kier molecular flexibility index (Phi) is 5.53. The fraction of sp³-hybridized carbons (Fsp3) is 0.625. The van der Waals surface area contributed by atoms with Gasteiger partial charge in [-0.25, -0.2) is 0 Å². The normalized spacial score (nSPS) is 17.1. The molecule has 1 saturated heterocycles. The molecule has 0 unspecified atom stereocenters. The Balaban J connectivity index is 1.70. The minimum atomic E-state index is 0.135. The van der Waals surface area contributed by atoms with E-state index in [1.807, 2.05) is 32.0 Å². The lowest BCUT2D eigenvalue weighted by Crippen LogP contribution is -2.36. The van der Waals surface area contributed by atoms with Crippen molar-refractivity contribution in [2.24, 2.45) is 0 Å². The Morgan fingerprint density at radius 2 is 2.15 bits per heavy atom. The lowest BCUT2D eigenvalue weighted by molar-refractivity contribution is -0.121. The lowest BCUT2D eigenvalue weighted by atomic mass is 10.1. The van der Waals surface area contributed by atoms with E-state index in [1.54, 1.807) is 0 Å². The Bertz CT molecular complexity index is 441. The molecule has 1 aliphatic rings. The van der Waals surface area contributed by atoms with E-state index in [-0.39, 0.29) is 11.9 Å². The number of hydrogen-bond donors (Lipinski definition) is 1. The zero-order valence-corrected chi connectivity index (χ0v) is 12.6. The summed E-state index contributed by atoms with van der Waals surface area (Å²) in [6, 6.07) is 6.15. The molecule has 2 heterocycles. The maximum absolute atomic E-state index is 11.9. The molecule has 1 aromatic heterocycles. The molecule has 0 bridgehead atoms. The maximum Gasteiger partial charge on any atom is 0.221 e. The Hall–Kier alpha value is -1.42. The molecule has 0 radical (unpaired) electrons. The highest BCUT2D eigenvalue weighted by molar-refractivity contribution is 5.76. The first-order chi connectivity index (χ1) is 9.63. The Labute approximate surface area is 121 Å². The topological polar surface area (TPSA) is 45.2 Å². The summed E-state index contributed by atoms with van der Waals surface area (Å²) in [6.07, 6.45) is 3.94. The van der Waals surface area contributed by atoms with Gasteiger partial charge < -0.3 is 10.2 Å². The number of nitrogens with zero attached hydrogens (tertiary/aromatic N) is 2. The molecule has 1 aliphatic heterocycles. The van der Waals surface area contributed by atoms with Crippen LogP contribution in [0.25, 0.3) is 0 Å². The van der Waals surface area contributed by atoms with Crippen molar-refractivity contribution in [2.75, 3.05) is 19.6 Å². The van der Waals surface area contributed by atoms with Crippen LogP contribution in [-0.4, -0.2) is 41.5 Å². The third kappa shape index (κ3) is 4.93. The number of pyridine rings is 1. The molecule has 2 rings (SSSR count). The van der Waals surface area contributed by atoms with Gasteiger partial charge in [-0.15, -0.1) is 0 Å². The van der Waals surface area contributed by atoms with Gasteiger partial charge in [0.25, 0.3) is 0 Å². The van der Waals surface area contributed by atoms with Crippen LogP contribution < -0.4 is 5.32 Å². The predicted molar refractivity (Wildman–Crippen MR) is 80.6 cm³/mol. The number of carbonyl (C=O) groups is 1. The zero-order chi connectivity index (χ0) is 14.4. The van der Waals surface area contributed by atoms with Gasteiger partial charge in [-0.1, -0.05) is 6.07 Å². The third-order valence-electron chi connectivity index (χ3n) is 3.72. The first kappa shape index (κ1) is 15.0. The summed E-state index contributed by atoms with van der Waals surface area (Å²) in [5.41, 5.74) is 2.06. The number of carbonyl (C=O) groups excluding carboxylic acids is 1. The molecule has 1 N–H and O–H groups in total. The van der Waals surface area contributed by atoms with E-state index in [0.717, 1.165) is 37.4 Å². The molecule has 0 saturated carbocycles. The van der Waals surface area contributed by atoms with E-state index in [2.05, 4.69) is 15.2 Å². The largest absolute Gasteiger partial charge is 0.353 e. The number of amides is 1. The SMILES string of the molecule is Cc1cccc(C[C@@H](C)NC(=O)CCN2CCCC2)n1. The molecule has 4 heteroatoms. The van der Waals surface area contributed by atoms with E-state index < -0.39 is 0 Å². The molecule has 4 nitrogen and oxygen atoms in total. The van der Waals surface area contributed by atoms with Crippen molar-refractivity contribution in [1.29, 1.82) is 0 Å². The van der Waals surface area contributed by atoms with Crippen molar-refractivity contribution in [1.82, 2.24) is 15.2 Å². The van der Waals surface area contributed by atoms with E-state index in [0.29, 0.717) is 6.42 Å². The fourth-order valence-corrected chi connectivity index (χ4v) is 2.69. The summed E-state index contributed by atoms with van der Waals surface area (Å²) in [5.74, 6) is 0.150. The van der Waals surface area contributed by atoms with Gasteiger partial charge in [-0.2, -0.15) is 0 Å². The minimum Gasteiger partial charge on any atom is -0.353 e. The van der Waals surface area contributed by atoms with Gasteiger partial charge in [0.15, 0.2) is 0 Å². The van der Waals surface area contributed by atoms with Gasteiger partial charge in [-0.05, 0) is 51.9 Å². The smallest absolute Gasteiger partial charge is 0.221 e. The molecule has 20 heavy (non-hydrogen) atoms. The lowest BCUT2D eigenvalue weighted by Gasteiger charge is -2.17. The highest BCUT2D eigenvalue weighted by atomic mass is 16.1. The van der Waals surface area contributed by atoms with Crippen molar-refractivity contribution in [2.45, 2.75) is 45.6 Å². The molecule has 1 atom stereocenters. The molecule has 0 spiro atoms. The summed E-state index contributed by atoms with van der Waals surface area (Å²) < 4.78 is 0. The van der Waals surface area contributed by atoms with Crippen molar-refractivity contribution in [3.8, 4) is 0 Å². The second-order valence-corrected chi connectivity index (χ2v) is 5.74. The van der Waals surface area contributed by atoms with E-state index in [9.17, 15) is 4.79 Å². The summed E-state index contributed by atoms with van der Waals surface area (Å²) in [7, 11) is 0. The standard InChI is InChI=1S/C16H25N3O/c1-13-6-5-7-15(17-13)12-14(2)18-16(20)8-11-19-9-3-4-10-19/h5-7,14H,3-4,8-12H2,1-2H3,(H,18,20)/t14-/m1/s1. The van der Waals surface area contributed by atoms with Crippen LogP contribution in [0.5, 0.6) is 0 Å². The monoisotopic (exact) mass is 275 g/mol. The molecule has 1 fully saturated rings. The predicted octanol–water partition coefficient (Wildman–Crippen LogP) is 1.92. The molecule has 1 aromatic rings. The van der Waals surface area contributed by atoms with E-state index in [4.69, 9.17) is 0 Å². The highest BCUT2D eigenvalue weighted by Gasteiger charge is 2.14. The van der Waals surface area contributed by atoms with Crippen molar-refractivity contribution in [3.63, 3.8) is 0 Å². The highest BCUT2D eigenvalue weighted by Crippen LogP contribution is 2.07. The molecule has 0 aromatic carbocycles. The van der Waals surface area contributed by atoms with Crippen LogP contribution in [0.1, 0.15) is 37.6 Å². The number of aryl methyl sites for hydroxylation is 1. The van der Waals surface area contributed by atoms with Crippen molar-refractivity contribution < 1.29 is 4.79 Å². The number of nitrogens with one attached hydrogen (secondary N) is 1. The maximum atomic E-state index is 11.9. The summed E-state index contributed by atoms with van der Waals surface area (Å²) in [4.78, 5) is 18.7. The molecule has 0 aliphatic carbocycles. The zero-order valence-electron chi connectivity index (χ0n) is 12.6. The molecular formula is C16H25N3O. The van der Waals surface area contributed by atoms with E-state index in [1.165, 1.54) is 12.8 Å². The summed E-state index contributed by atoms with van der Waals surface area (Å²) >= 11 is 0. The molecular weight excluding hydrogens is 250 g/mol. The van der Waals surface area contributed by atoms with Crippen LogP contribution in [0.2, 0.25) is 0 Å². The minimum absolute atomic E-state index is 0.135. The van der Waals surface area contributed by atoms with Gasteiger partial charge in [-0.3, -0.25) is 9.78 Å². The number of aromatic nitrogens is 1. The van der Waals surface area contributed by atoms with Gasteiger partial charge in [0.1, 0.15) is 0 Å². The number of likely N-dealkylation sites (tertiary alicyclic amines) is 1. The van der Waals surface area contributed by atoms with Crippen molar-refractivity contribution >= 4 is 5.91 Å². The quantitative estimate of drug-likeness (QED) is 0.863. The van der Waals surface area contributed by atoms with Crippen LogP contribution in [0.4, 0.5) is 0 Å². The van der Waals surface area contributed by atoms with Crippen LogP contribution >= 0.6 is 0 Å². The van der Waals surface area contributed by atoms with Gasteiger partial charge in [0, 0.05) is 36.8 Å². The first-order valence-corrected chi connectivity index (χ1v) is 7.58. The summed E-state index contributed by atoms with van der Waals surface area (Å²) in [6.45, 7) is 7.22. The molecule has 110 valence electrons. The van der Waals surface area contributed by atoms with Gasteiger partial charge in [0.2, 0.25) is 5.91 Å². The number of rotatable bonds is 6. The van der Waals surface area contributed by atoms with Crippen molar-refractivity contribution in [3.05, 3.63) is 29.6 Å². The summed E-state index contributed by atoms with van der Waals surface area (Å²) in [5, 5.41) is 3.07. The van der Waals surface area contributed by atoms with Crippen LogP contribution in [0.15, 0.2) is 18.2 Å². The van der Waals surface area contributed by atoms with Gasteiger partial charge >= 0.3 is 0 Å². The van der Waals surface area contributed by atoms with Crippen LogP contribution in [0, 0.1) is 6.92 Å². The van der Waals surface area contributed by atoms with Crippen LogP contribution in [0.3, 0.4) is 0 Å². The first-order valence-electron chi connectivity index (χ1n) is 7.58. The average Bonchev–Trinajstić information content (AvgIpc) is 2.89. The Morgan fingerprint density at radius 3 is 2.85 bits per heavy atom. The third-order valence-corrected chi connectivity index (χ3v) is 3.72. The Morgan fingerprint density at radius 1 is 1.40 bits per heavy atom.